The Hall–Kier alpha value is 0.270. The highest BCUT2D eigenvalue weighted by atomic mass is 32.2. The quantitative estimate of drug-likeness (QED) is 0.746. The van der Waals surface area contributed by atoms with Crippen molar-refractivity contribution in [2.24, 2.45) is 5.92 Å². The Morgan fingerprint density at radius 2 is 1.60 bits per heavy atom. The van der Waals surface area contributed by atoms with Crippen LogP contribution in [0.25, 0.3) is 0 Å². The first-order valence-corrected chi connectivity index (χ1v) is 7.16. The van der Waals surface area contributed by atoms with Gasteiger partial charge in [-0.1, -0.05) is 0 Å². The van der Waals surface area contributed by atoms with Crippen LogP contribution in [0.5, 0.6) is 0 Å². The SMILES string of the molecule is OC1(C2CCOCC2)CC2CCC(C1)S2. The van der Waals surface area contributed by atoms with Crippen molar-refractivity contribution in [3.8, 4) is 0 Å². The van der Waals surface area contributed by atoms with Gasteiger partial charge in [-0.3, -0.25) is 0 Å². The molecule has 0 aliphatic carbocycles. The van der Waals surface area contributed by atoms with Gasteiger partial charge < -0.3 is 9.84 Å². The van der Waals surface area contributed by atoms with E-state index in [1.54, 1.807) is 0 Å². The normalized spacial score (nSPS) is 47.0. The molecule has 3 fully saturated rings. The fraction of sp³-hybridized carbons (Fsp3) is 1.00. The van der Waals surface area contributed by atoms with Crippen molar-refractivity contribution in [2.45, 2.75) is 54.6 Å². The van der Waals surface area contributed by atoms with Crippen molar-refractivity contribution in [3.05, 3.63) is 0 Å². The van der Waals surface area contributed by atoms with Crippen LogP contribution in [-0.2, 0) is 4.74 Å². The van der Waals surface area contributed by atoms with Gasteiger partial charge >= 0.3 is 0 Å². The summed E-state index contributed by atoms with van der Waals surface area (Å²) in [5.41, 5.74) is -0.346. The summed E-state index contributed by atoms with van der Waals surface area (Å²) in [5, 5.41) is 12.3. The Bertz CT molecular complexity index is 226. The number of ether oxygens (including phenoxy) is 1. The summed E-state index contributed by atoms with van der Waals surface area (Å²) in [5.74, 6) is 0.509. The maximum absolute atomic E-state index is 10.8. The molecule has 0 aromatic carbocycles. The first kappa shape index (κ1) is 10.4. The van der Waals surface area contributed by atoms with Gasteiger partial charge in [-0.15, -0.1) is 0 Å². The minimum absolute atomic E-state index is 0.346. The molecule has 3 heteroatoms. The molecule has 3 heterocycles. The van der Waals surface area contributed by atoms with E-state index in [1.165, 1.54) is 12.8 Å². The summed E-state index contributed by atoms with van der Waals surface area (Å²) >= 11 is 2.13. The second kappa shape index (κ2) is 3.94. The Kier molecular flexibility index (Phi) is 2.74. The minimum Gasteiger partial charge on any atom is -0.390 e. The van der Waals surface area contributed by atoms with Gasteiger partial charge in [-0.25, -0.2) is 0 Å². The van der Waals surface area contributed by atoms with E-state index in [0.29, 0.717) is 5.92 Å². The third kappa shape index (κ3) is 1.94. The zero-order valence-electron chi connectivity index (χ0n) is 9.15. The second-order valence-corrected chi connectivity index (χ2v) is 6.96. The van der Waals surface area contributed by atoms with Crippen LogP contribution >= 0.6 is 11.8 Å². The van der Waals surface area contributed by atoms with Gasteiger partial charge in [0, 0.05) is 23.7 Å². The number of hydrogen-bond donors (Lipinski definition) is 1. The molecule has 0 saturated carbocycles. The van der Waals surface area contributed by atoms with Gasteiger partial charge in [-0.2, -0.15) is 11.8 Å². The number of thioether (sulfide) groups is 1. The first-order valence-electron chi connectivity index (χ1n) is 6.22. The number of rotatable bonds is 1. The molecule has 3 aliphatic rings. The lowest BCUT2D eigenvalue weighted by molar-refractivity contribution is -0.0749. The van der Waals surface area contributed by atoms with Crippen LogP contribution in [0.15, 0.2) is 0 Å². The van der Waals surface area contributed by atoms with E-state index in [0.717, 1.165) is 49.4 Å². The fourth-order valence-corrected chi connectivity index (χ4v) is 5.38. The topological polar surface area (TPSA) is 29.5 Å². The molecule has 2 atom stereocenters. The molecule has 2 nitrogen and oxygen atoms in total. The van der Waals surface area contributed by atoms with E-state index >= 15 is 0 Å². The Morgan fingerprint density at radius 1 is 1.00 bits per heavy atom. The maximum Gasteiger partial charge on any atom is 0.0698 e. The molecule has 2 bridgehead atoms. The lowest BCUT2D eigenvalue weighted by Gasteiger charge is -2.43. The summed E-state index contributed by atoms with van der Waals surface area (Å²) in [4.78, 5) is 0. The largest absolute Gasteiger partial charge is 0.390 e. The van der Waals surface area contributed by atoms with Crippen molar-refractivity contribution >= 4 is 11.8 Å². The lowest BCUT2D eigenvalue weighted by atomic mass is 9.76. The highest BCUT2D eigenvalue weighted by Gasteiger charge is 2.47. The summed E-state index contributed by atoms with van der Waals surface area (Å²) in [7, 11) is 0. The van der Waals surface area contributed by atoms with Gasteiger partial charge in [0.15, 0.2) is 0 Å². The molecule has 0 aromatic heterocycles. The summed E-state index contributed by atoms with van der Waals surface area (Å²) in [6.45, 7) is 1.71. The molecule has 86 valence electrons. The van der Waals surface area contributed by atoms with Crippen LogP contribution in [-0.4, -0.2) is 34.4 Å². The number of fused-ring (bicyclic) bond motifs is 2. The van der Waals surface area contributed by atoms with Crippen LogP contribution in [0.4, 0.5) is 0 Å². The third-order valence-electron chi connectivity index (χ3n) is 4.34. The molecule has 2 unspecified atom stereocenters. The van der Waals surface area contributed by atoms with Crippen LogP contribution in [0.2, 0.25) is 0 Å². The van der Waals surface area contributed by atoms with E-state index in [1.807, 2.05) is 0 Å². The Morgan fingerprint density at radius 3 is 2.20 bits per heavy atom. The zero-order valence-corrected chi connectivity index (χ0v) is 9.97. The molecule has 0 spiro atoms. The molecule has 15 heavy (non-hydrogen) atoms. The Labute approximate surface area is 95.8 Å². The molecule has 0 radical (unpaired) electrons. The van der Waals surface area contributed by atoms with Crippen LogP contribution in [0.1, 0.15) is 38.5 Å². The first-order chi connectivity index (χ1) is 7.26. The average Bonchev–Trinajstić information content (AvgIpc) is 2.60. The van der Waals surface area contributed by atoms with Crippen molar-refractivity contribution in [2.75, 3.05) is 13.2 Å². The van der Waals surface area contributed by atoms with E-state index in [2.05, 4.69) is 11.8 Å². The van der Waals surface area contributed by atoms with Gasteiger partial charge in [0.25, 0.3) is 0 Å². The predicted octanol–water partition coefficient (Wildman–Crippen LogP) is 2.20. The molecule has 0 aromatic rings. The van der Waals surface area contributed by atoms with Gasteiger partial charge in [-0.05, 0) is 44.4 Å². The number of aliphatic hydroxyl groups is 1. The van der Waals surface area contributed by atoms with E-state index in [-0.39, 0.29) is 5.60 Å². The van der Waals surface area contributed by atoms with Gasteiger partial charge in [0.1, 0.15) is 0 Å². The molecule has 3 saturated heterocycles. The molecular weight excluding hydrogens is 208 g/mol. The Balaban J connectivity index is 1.72. The van der Waals surface area contributed by atoms with Crippen LogP contribution < -0.4 is 0 Å². The molecule has 1 N–H and O–H groups in total. The van der Waals surface area contributed by atoms with Crippen LogP contribution in [0.3, 0.4) is 0 Å². The fourth-order valence-electron chi connectivity index (χ4n) is 3.52. The third-order valence-corrected chi connectivity index (χ3v) is 5.91. The van der Waals surface area contributed by atoms with E-state index in [4.69, 9.17) is 4.74 Å². The van der Waals surface area contributed by atoms with E-state index in [9.17, 15) is 5.11 Å². The average molecular weight is 228 g/mol. The highest BCUT2D eigenvalue weighted by molar-refractivity contribution is 8.00. The van der Waals surface area contributed by atoms with Gasteiger partial charge in [0.2, 0.25) is 0 Å². The van der Waals surface area contributed by atoms with Crippen molar-refractivity contribution < 1.29 is 9.84 Å². The standard InChI is InChI=1S/C12H20O2S/c13-12(9-3-5-14-6-4-9)7-10-1-2-11(8-12)15-10/h9-11,13H,1-8H2. The zero-order chi connectivity index (χ0) is 10.3. The summed E-state index contributed by atoms with van der Waals surface area (Å²) < 4.78 is 5.39. The van der Waals surface area contributed by atoms with Gasteiger partial charge in [0.05, 0.1) is 5.60 Å². The van der Waals surface area contributed by atoms with Crippen molar-refractivity contribution in [3.63, 3.8) is 0 Å². The van der Waals surface area contributed by atoms with Crippen LogP contribution in [0, 0.1) is 5.92 Å². The monoisotopic (exact) mass is 228 g/mol. The predicted molar refractivity (Wildman–Crippen MR) is 62.1 cm³/mol. The maximum atomic E-state index is 10.8. The van der Waals surface area contributed by atoms with Crippen molar-refractivity contribution in [1.82, 2.24) is 0 Å². The lowest BCUT2D eigenvalue weighted by Crippen LogP contribution is -2.46. The molecular formula is C12H20O2S. The summed E-state index contributed by atoms with van der Waals surface area (Å²) in [6, 6.07) is 0. The highest BCUT2D eigenvalue weighted by Crippen LogP contribution is 2.51. The minimum atomic E-state index is -0.346. The molecule has 3 aliphatic heterocycles. The number of hydrogen-bond acceptors (Lipinski definition) is 3. The van der Waals surface area contributed by atoms with E-state index < -0.39 is 0 Å². The molecule has 3 rings (SSSR count). The van der Waals surface area contributed by atoms with Crippen molar-refractivity contribution in [1.29, 1.82) is 0 Å². The second-order valence-electron chi connectivity index (χ2n) is 5.36. The molecule has 0 amide bonds. The smallest absolute Gasteiger partial charge is 0.0698 e. The summed E-state index contributed by atoms with van der Waals surface area (Å²) in [6.07, 6.45) is 6.89.